The number of carboxylic acid groups (broad SMARTS) is 1. The van der Waals surface area contributed by atoms with Crippen molar-refractivity contribution in [2.24, 2.45) is 0 Å². The number of aliphatic carboxylic acids is 1. The number of likely N-dealkylation sites (N-methyl/N-ethyl adjacent to an activating group) is 2. The highest BCUT2D eigenvalue weighted by Crippen LogP contribution is 2.37. The van der Waals surface area contributed by atoms with Gasteiger partial charge in [-0.3, -0.25) is 4.79 Å². The van der Waals surface area contributed by atoms with E-state index in [1.165, 1.54) is 44.7 Å². The molecule has 2 aromatic carbocycles. The maximum absolute atomic E-state index is 14.9. The Morgan fingerprint density at radius 3 is 1.51 bits per heavy atom. The molecule has 6 aromatic rings. The second kappa shape index (κ2) is 30.0. The molecule has 4 fully saturated rings. The molecule has 10 rings (SSSR count). The maximum atomic E-state index is 14.9. The third-order valence-corrected chi connectivity index (χ3v) is 15.8. The highest BCUT2D eigenvalue weighted by atomic mass is 19.3. The molecule has 0 saturated carbocycles. The quantitative estimate of drug-likeness (QED) is 0.0569. The topological polar surface area (TPSA) is 309 Å². The van der Waals surface area contributed by atoms with E-state index in [-0.39, 0.29) is 42.0 Å². The number of hydrogen-bond acceptors (Lipinski definition) is 23. The molecule has 4 saturated heterocycles. The number of carbonyl (C=O) groups excluding carboxylic acids is 1. The standard InChI is InChI=1S/C31H36F2N8O4.C28H32F2N8O2.C3H6O3/c1-19-16-40(12-11-39(19)3)24-6-8-27(38-29(24)44-4)37-28-14-23(35-18-36-28)21-5-7-25(22(13-21)15-34)45-26-9-10-41(17-31(26,32)33)30(43)20(2)42;1-18-15-38(11-10-37(18)2)22-5-7-25(36-27(22)39-3)35-26-13-21(33-17-34-26)19-4-6-23(20(12-19)14-31)40-24-8-9-32-16-28(24,29)30;1-2(4)3(5)6/h5-8,13-14,18-20,26,42H,9-12,16-17H2,1-4H3,(H,35,36,37,38);4-7,12-13,17-18,24,32H,8-11,15-16H2,1-3H3,(H,33,34,35,36);2,4H,1H3,(H,5,6)/t19-,20-,26?;18-,24?;2-/m000/s1. The summed E-state index contributed by atoms with van der Waals surface area (Å²) in [4.78, 5) is 58.1. The summed E-state index contributed by atoms with van der Waals surface area (Å²) in [6, 6.07) is 25.4. The number of nitrogens with zero attached hydrogens (tertiary/aromatic N) is 13. The number of methoxy groups -OCH3 is 2. The Morgan fingerprint density at radius 1 is 0.648 bits per heavy atom. The first-order valence-electron chi connectivity index (χ1n) is 29.4. The van der Waals surface area contributed by atoms with E-state index in [0.29, 0.717) is 76.2 Å². The molecular weight excluding hydrogens is 1190 g/mol. The number of aromatic nitrogens is 6. The summed E-state index contributed by atoms with van der Waals surface area (Å²) >= 11 is 0. The van der Waals surface area contributed by atoms with Gasteiger partial charge in [-0.05, 0) is 109 Å². The van der Waals surface area contributed by atoms with E-state index in [1.54, 1.807) is 44.6 Å². The van der Waals surface area contributed by atoms with Crippen molar-refractivity contribution in [2.45, 2.75) is 88.9 Å². The highest BCUT2D eigenvalue weighted by molar-refractivity contribution is 5.80. The maximum Gasteiger partial charge on any atom is 0.332 e. The summed E-state index contributed by atoms with van der Waals surface area (Å²) in [5.41, 5.74) is 4.26. The molecule has 4 aliphatic rings. The number of alkyl halides is 4. The number of hydrogen-bond donors (Lipinski definition) is 6. The van der Waals surface area contributed by atoms with Crippen molar-refractivity contribution in [3.8, 4) is 57.9 Å². The van der Waals surface area contributed by atoms with Gasteiger partial charge in [0.25, 0.3) is 11.8 Å². The van der Waals surface area contributed by atoms with Gasteiger partial charge in [-0.15, -0.1) is 0 Å². The Morgan fingerprint density at radius 2 is 1.11 bits per heavy atom. The van der Waals surface area contributed by atoms with Crippen LogP contribution in [0.1, 0.15) is 51.7 Å². The van der Waals surface area contributed by atoms with Crippen molar-refractivity contribution in [2.75, 3.05) is 114 Å². The summed E-state index contributed by atoms with van der Waals surface area (Å²) in [6.45, 7) is 11.3. The molecule has 29 heteroatoms. The number of pyridine rings is 2. The predicted octanol–water partition coefficient (Wildman–Crippen LogP) is 6.43. The van der Waals surface area contributed by atoms with Gasteiger partial charge in [-0.2, -0.15) is 20.5 Å². The van der Waals surface area contributed by atoms with E-state index >= 15 is 0 Å². The zero-order chi connectivity index (χ0) is 65.7. The van der Waals surface area contributed by atoms with Crippen molar-refractivity contribution in [1.82, 2.24) is 49.9 Å². The number of nitriles is 2. The second-order valence-electron chi connectivity index (χ2n) is 22.4. The number of aliphatic hydroxyl groups excluding tert-OH is 2. The smallest absolute Gasteiger partial charge is 0.332 e. The lowest BCUT2D eigenvalue weighted by Gasteiger charge is -2.39. The average molecular weight is 1260 g/mol. The number of piperazine rings is 2. The van der Waals surface area contributed by atoms with Crippen LogP contribution in [0.15, 0.2) is 85.5 Å². The first-order chi connectivity index (χ1) is 43.4. The molecule has 0 bridgehead atoms. The number of anilines is 6. The molecule has 4 aliphatic heterocycles. The Kier molecular flexibility index (Phi) is 22.3. The summed E-state index contributed by atoms with van der Waals surface area (Å²) in [6.07, 6.45) is -2.68. The Hall–Kier alpha value is -9.26. The number of likely N-dealkylation sites (tertiary alicyclic amines) is 1. The lowest BCUT2D eigenvalue weighted by atomic mass is 10.0. The van der Waals surface area contributed by atoms with Gasteiger partial charge >= 0.3 is 11.9 Å². The third kappa shape index (κ3) is 17.2. The van der Waals surface area contributed by atoms with E-state index in [1.807, 2.05) is 30.3 Å². The average Bonchev–Trinajstić information content (AvgIpc) is 1.19. The van der Waals surface area contributed by atoms with Crippen LogP contribution in [0.5, 0.6) is 23.3 Å². The number of halogens is 4. The number of amides is 1. The number of rotatable bonds is 16. The van der Waals surface area contributed by atoms with Gasteiger partial charge in [0.15, 0.2) is 12.2 Å². The number of nitrogens with one attached hydrogen (secondary N) is 3. The third-order valence-electron chi connectivity index (χ3n) is 15.8. The van der Waals surface area contributed by atoms with Crippen LogP contribution in [-0.4, -0.2) is 214 Å². The van der Waals surface area contributed by atoms with Crippen LogP contribution in [0.3, 0.4) is 0 Å². The summed E-state index contributed by atoms with van der Waals surface area (Å²) < 4.78 is 80.7. The monoisotopic (exact) mass is 1260 g/mol. The van der Waals surface area contributed by atoms with E-state index in [4.69, 9.17) is 29.2 Å². The zero-order valence-electron chi connectivity index (χ0n) is 51.6. The number of aliphatic hydroxyl groups is 2. The van der Waals surface area contributed by atoms with Gasteiger partial charge in [-0.25, -0.2) is 42.3 Å². The highest BCUT2D eigenvalue weighted by Gasteiger charge is 2.48. The lowest BCUT2D eigenvalue weighted by molar-refractivity contribution is -0.165. The lowest BCUT2D eigenvalue weighted by Crippen LogP contribution is -2.56. The van der Waals surface area contributed by atoms with Crippen LogP contribution < -0.4 is 44.7 Å². The second-order valence-corrected chi connectivity index (χ2v) is 22.4. The molecule has 0 spiro atoms. The first-order valence-corrected chi connectivity index (χ1v) is 29.4. The van der Waals surface area contributed by atoms with Gasteiger partial charge in [0.05, 0.1) is 49.8 Å². The Bertz CT molecular complexity index is 3600. The van der Waals surface area contributed by atoms with Crippen molar-refractivity contribution in [1.29, 1.82) is 10.5 Å². The minimum Gasteiger partial charge on any atom is -0.483 e. The number of ether oxygens (including phenoxy) is 4. The van der Waals surface area contributed by atoms with Gasteiger partial charge in [-0.1, -0.05) is 0 Å². The number of benzene rings is 2. The van der Waals surface area contributed by atoms with E-state index in [9.17, 15) is 42.8 Å². The SMILES string of the molecule is COc1nc(Nc2cc(-c3ccc(OC4CCN(C(=O)[C@H](C)O)CC4(F)F)c(C#N)c3)ncn2)ccc1N1CCN(C)[C@@H](C)C1.COc1nc(Nc2cc(-c3ccc(OC4CCNCC4(F)F)c(C#N)c3)ncn2)ccc1N1CCN(C)[C@@H](C)C1.C[C@H](O)C(=O)O. The molecule has 0 radical (unpaired) electrons. The molecule has 8 heterocycles. The normalized spacial score (nSPS) is 20.3. The summed E-state index contributed by atoms with van der Waals surface area (Å²) in [7, 11) is 7.42. The van der Waals surface area contributed by atoms with Gasteiger partial charge < -0.3 is 74.7 Å². The Balaban J connectivity index is 0.000000216. The molecule has 484 valence electrons. The number of piperidine rings is 2. The first kappa shape index (κ1) is 67.7. The Labute approximate surface area is 524 Å². The number of carbonyl (C=O) groups is 2. The van der Waals surface area contributed by atoms with Crippen LogP contribution in [0.25, 0.3) is 22.5 Å². The minimum absolute atomic E-state index is 0.000221. The zero-order valence-corrected chi connectivity index (χ0v) is 51.6. The summed E-state index contributed by atoms with van der Waals surface area (Å²) in [5.74, 6) is -5.19. The molecule has 0 aliphatic carbocycles. The van der Waals surface area contributed by atoms with Crippen LogP contribution in [0.2, 0.25) is 0 Å². The fourth-order valence-electron chi connectivity index (χ4n) is 10.3. The molecular formula is C62H74F4N16O9. The summed E-state index contributed by atoms with van der Waals surface area (Å²) in [5, 5.41) is 53.8. The van der Waals surface area contributed by atoms with E-state index in [2.05, 4.69) is 99.5 Å². The molecule has 1 amide bonds. The van der Waals surface area contributed by atoms with Crippen molar-refractivity contribution in [3.63, 3.8) is 0 Å². The minimum atomic E-state index is -3.38. The number of carboxylic acids is 1. The van der Waals surface area contributed by atoms with Crippen LogP contribution in [0, 0.1) is 22.7 Å². The van der Waals surface area contributed by atoms with Gasteiger partial charge in [0, 0.05) is 94.0 Å². The van der Waals surface area contributed by atoms with E-state index < -0.39 is 61.2 Å². The van der Waals surface area contributed by atoms with Crippen molar-refractivity contribution in [3.05, 3.63) is 96.6 Å². The fourth-order valence-corrected chi connectivity index (χ4v) is 10.3. The predicted molar refractivity (Wildman–Crippen MR) is 330 cm³/mol. The molecule has 6 atom stereocenters. The van der Waals surface area contributed by atoms with E-state index in [0.717, 1.165) is 55.5 Å². The van der Waals surface area contributed by atoms with Crippen LogP contribution in [-0.2, 0) is 9.59 Å². The molecule has 91 heavy (non-hydrogen) atoms. The molecule has 6 N–H and O–H groups in total. The van der Waals surface area contributed by atoms with Crippen molar-refractivity contribution < 1.29 is 61.4 Å². The van der Waals surface area contributed by atoms with Gasteiger partial charge in [0.1, 0.15) is 83.1 Å². The fraction of sp³-hybridized carbons (Fsp3) is 0.452. The molecule has 4 aromatic heterocycles. The van der Waals surface area contributed by atoms with Crippen LogP contribution >= 0.6 is 0 Å². The molecule has 25 nitrogen and oxygen atoms in total. The largest absolute Gasteiger partial charge is 0.483 e. The molecule has 2 unspecified atom stereocenters. The van der Waals surface area contributed by atoms with Gasteiger partial charge in [0.2, 0.25) is 11.8 Å². The van der Waals surface area contributed by atoms with Crippen molar-refractivity contribution >= 4 is 46.5 Å². The van der Waals surface area contributed by atoms with Crippen LogP contribution in [0.4, 0.5) is 52.2 Å².